The van der Waals surface area contributed by atoms with Crippen LogP contribution in [0.2, 0.25) is 0 Å². The zero-order valence-electron chi connectivity index (χ0n) is 22.9. The lowest BCUT2D eigenvalue weighted by molar-refractivity contribution is -0.141. The van der Waals surface area contributed by atoms with Crippen molar-refractivity contribution in [1.82, 2.24) is 0 Å². The summed E-state index contributed by atoms with van der Waals surface area (Å²) in [6.07, 6.45) is 9.15. The van der Waals surface area contributed by atoms with E-state index in [4.69, 9.17) is 14.6 Å². The second-order valence-electron chi connectivity index (χ2n) is 8.74. The molecule has 0 fully saturated rings. The van der Waals surface area contributed by atoms with Gasteiger partial charge in [0, 0.05) is 43.6 Å². The van der Waals surface area contributed by atoms with Crippen molar-refractivity contribution in [3.8, 4) is 0 Å². The Balaban J connectivity index is 0.00000352. The second-order valence-corrected chi connectivity index (χ2v) is 9.88. The lowest BCUT2D eigenvalue weighted by Gasteiger charge is -2.13. The van der Waals surface area contributed by atoms with Gasteiger partial charge in [-0.2, -0.15) is 0 Å². The summed E-state index contributed by atoms with van der Waals surface area (Å²) in [7, 11) is 3.74. The number of allylic oxidation sites excluding steroid dienone is 3. The SMILES string of the molecule is CCCC(=O)OC1=C(SCCCCCC(=O)OC)C(/C=C/C(O)Cc2cccc(C(=O)OC)c2)CC1.CO. The van der Waals surface area contributed by atoms with E-state index < -0.39 is 12.1 Å². The first kappa shape index (κ1) is 33.4. The fourth-order valence-corrected chi connectivity index (χ4v) is 5.24. The number of methoxy groups -OCH3 is 2. The van der Waals surface area contributed by atoms with Crippen LogP contribution in [0.25, 0.3) is 0 Å². The maximum Gasteiger partial charge on any atom is 0.337 e. The highest BCUT2D eigenvalue weighted by Gasteiger charge is 2.27. The van der Waals surface area contributed by atoms with E-state index in [9.17, 15) is 19.5 Å². The minimum atomic E-state index is -0.714. The van der Waals surface area contributed by atoms with Gasteiger partial charge in [-0.15, -0.1) is 11.8 Å². The van der Waals surface area contributed by atoms with Gasteiger partial charge in [0.25, 0.3) is 0 Å². The molecule has 0 radical (unpaired) electrons. The minimum Gasteiger partial charge on any atom is -0.469 e. The summed E-state index contributed by atoms with van der Waals surface area (Å²) in [5, 5.41) is 17.6. The largest absolute Gasteiger partial charge is 0.469 e. The Morgan fingerprint density at radius 3 is 2.53 bits per heavy atom. The van der Waals surface area contributed by atoms with Crippen molar-refractivity contribution in [2.75, 3.05) is 27.1 Å². The summed E-state index contributed by atoms with van der Waals surface area (Å²) >= 11 is 1.69. The zero-order valence-corrected chi connectivity index (χ0v) is 23.8. The quantitative estimate of drug-likeness (QED) is 0.135. The molecular formula is C29H42O8S. The third-order valence-electron chi connectivity index (χ3n) is 5.85. The van der Waals surface area contributed by atoms with Crippen molar-refractivity contribution in [2.45, 2.75) is 70.8 Å². The van der Waals surface area contributed by atoms with E-state index >= 15 is 0 Å². The van der Waals surface area contributed by atoms with Gasteiger partial charge in [0.15, 0.2) is 0 Å². The molecule has 2 rings (SSSR count). The monoisotopic (exact) mass is 550 g/mol. The first-order valence-corrected chi connectivity index (χ1v) is 14.0. The standard InChI is InChI=1S/C28H38O7S.CH4O/c1-4-9-26(31)35-24-16-14-21(27(24)36-17-7-5-6-12-25(30)33-2)13-15-23(29)19-20-10-8-11-22(18-20)28(32)34-3;1-2/h8,10-11,13,15,18,21,23,29H,4-7,9,12,14,16-17,19H2,1-3H3;2H,1H3/b15-13+;. The number of thioether (sulfide) groups is 1. The fourth-order valence-electron chi connectivity index (χ4n) is 3.96. The number of ether oxygens (including phenoxy) is 3. The second kappa shape index (κ2) is 19.4. The molecule has 2 unspecified atom stereocenters. The molecule has 0 saturated heterocycles. The smallest absolute Gasteiger partial charge is 0.337 e. The number of hydrogen-bond acceptors (Lipinski definition) is 9. The lowest BCUT2D eigenvalue weighted by Crippen LogP contribution is -2.09. The Hall–Kier alpha value is -2.62. The number of carbonyl (C=O) groups excluding carboxylic acids is 3. The van der Waals surface area contributed by atoms with Crippen LogP contribution in [0.15, 0.2) is 47.1 Å². The third kappa shape index (κ3) is 12.3. The number of rotatable bonds is 15. The maximum absolute atomic E-state index is 12.1. The number of aliphatic hydroxyl groups excluding tert-OH is 2. The maximum atomic E-state index is 12.1. The van der Waals surface area contributed by atoms with Gasteiger partial charge in [-0.25, -0.2) is 4.79 Å². The number of esters is 3. The molecule has 2 N–H and O–H groups in total. The molecule has 0 spiro atoms. The van der Waals surface area contributed by atoms with Gasteiger partial charge in [0.1, 0.15) is 5.76 Å². The molecular weight excluding hydrogens is 508 g/mol. The van der Waals surface area contributed by atoms with Crippen LogP contribution in [0.4, 0.5) is 0 Å². The number of benzene rings is 1. The first-order valence-electron chi connectivity index (χ1n) is 13.0. The Kier molecular flexibility index (Phi) is 17.1. The molecule has 0 bridgehead atoms. The topological polar surface area (TPSA) is 119 Å². The zero-order chi connectivity index (χ0) is 28.3. The summed E-state index contributed by atoms with van der Waals surface area (Å²) in [5.74, 6) is 0.868. The van der Waals surface area contributed by atoms with Crippen molar-refractivity contribution in [3.05, 3.63) is 58.2 Å². The molecule has 1 aromatic rings. The molecule has 2 atom stereocenters. The molecule has 1 aliphatic carbocycles. The van der Waals surface area contributed by atoms with Crippen molar-refractivity contribution in [1.29, 1.82) is 0 Å². The number of aliphatic hydroxyl groups is 2. The van der Waals surface area contributed by atoms with Gasteiger partial charge in [0.2, 0.25) is 0 Å². The van der Waals surface area contributed by atoms with E-state index in [1.165, 1.54) is 14.2 Å². The third-order valence-corrected chi connectivity index (χ3v) is 7.19. The summed E-state index contributed by atoms with van der Waals surface area (Å²) in [4.78, 5) is 36.2. The molecule has 1 aromatic carbocycles. The van der Waals surface area contributed by atoms with Crippen LogP contribution < -0.4 is 0 Å². The molecule has 0 heterocycles. The van der Waals surface area contributed by atoms with Crippen LogP contribution >= 0.6 is 11.8 Å². The molecule has 0 amide bonds. The lowest BCUT2D eigenvalue weighted by atomic mass is 10.0. The van der Waals surface area contributed by atoms with E-state index in [0.29, 0.717) is 31.2 Å². The Morgan fingerprint density at radius 2 is 1.84 bits per heavy atom. The summed E-state index contributed by atoms with van der Waals surface area (Å²) in [6.45, 7) is 1.95. The highest BCUT2D eigenvalue weighted by atomic mass is 32.2. The summed E-state index contributed by atoms with van der Waals surface area (Å²) in [5.41, 5.74) is 1.29. The predicted octanol–water partition coefficient (Wildman–Crippen LogP) is 4.97. The Labute approximate surface area is 230 Å². The van der Waals surface area contributed by atoms with Gasteiger partial charge in [-0.05, 0) is 49.1 Å². The van der Waals surface area contributed by atoms with Gasteiger partial charge in [-0.1, -0.05) is 37.6 Å². The van der Waals surface area contributed by atoms with Gasteiger partial charge >= 0.3 is 17.9 Å². The average molecular weight is 551 g/mol. The molecule has 0 saturated carbocycles. The van der Waals surface area contributed by atoms with Crippen molar-refractivity contribution < 1.29 is 38.8 Å². The van der Waals surface area contributed by atoms with Crippen LogP contribution in [0.1, 0.15) is 74.2 Å². The van der Waals surface area contributed by atoms with E-state index in [0.717, 1.165) is 61.2 Å². The summed E-state index contributed by atoms with van der Waals surface area (Å²) < 4.78 is 15.1. The fraction of sp³-hybridized carbons (Fsp3) is 0.552. The Bertz CT molecular complexity index is 940. The highest BCUT2D eigenvalue weighted by Crippen LogP contribution is 2.41. The molecule has 9 heteroatoms. The van der Waals surface area contributed by atoms with Gasteiger partial charge < -0.3 is 24.4 Å². The molecule has 38 heavy (non-hydrogen) atoms. The molecule has 0 aromatic heterocycles. The molecule has 212 valence electrons. The van der Waals surface area contributed by atoms with E-state index in [-0.39, 0.29) is 17.9 Å². The van der Waals surface area contributed by atoms with E-state index in [1.807, 2.05) is 19.1 Å². The van der Waals surface area contributed by atoms with Crippen LogP contribution in [0.5, 0.6) is 0 Å². The number of hydrogen-bond donors (Lipinski definition) is 2. The normalized spacial score (nSPS) is 15.6. The predicted molar refractivity (Wildman–Crippen MR) is 148 cm³/mol. The highest BCUT2D eigenvalue weighted by molar-refractivity contribution is 8.03. The van der Waals surface area contributed by atoms with Crippen LogP contribution in [-0.2, 0) is 30.2 Å². The molecule has 8 nitrogen and oxygen atoms in total. The number of unbranched alkanes of at least 4 members (excludes halogenated alkanes) is 2. The van der Waals surface area contributed by atoms with Crippen molar-refractivity contribution in [2.24, 2.45) is 5.92 Å². The summed E-state index contributed by atoms with van der Waals surface area (Å²) in [6, 6.07) is 7.05. The first-order chi connectivity index (χ1) is 18.4. The van der Waals surface area contributed by atoms with Gasteiger partial charge in [0.05, 0.1) is 25.9 Å². The van der Waals surface area contributed by atoms with E-state index in [1.54, 1.807) is 36.0 Å². The van der Waals surface area contributed by atoms with Crippen LogP contribution in [-0.4, -0.2) is 61.3 Å². The van der Waals surface area contributed by atoms with Crippen molar-refractivity contribution in [3.63, 3.8) is 0 Å². The average Bonchev–Trinajstić information content (AvgIpc) is 3.30. The minimum absolute atomic E-state index is 0.0746. The van der Waals surface area contributed by atoms with Crippen LogP contribution in [0.3, 0.4) is 0 Å². The van der Waals surface area contributed by atoms with Crippen LogP contribution in [0, 0.1) is 5.92 Å². The molecule has 0 aliphatic heterocycles. The van der Waals surface area contributed by atoms with Gasteiger partial charge in [-0.3, -0.25) is 9.59 Å². The van der Waals surface area contributed by atoms with Crippen molar-refractivity contribution >= 4 is 29.7 Å². The molecule has 1 aliphatic rings. The van der Waals surface area contributed by atoms with E-state index in [2.05, 4.69) is 4.74 Å². The number of carbonyl (C=O) groups is 3. The Morgan fingerprint density at radius 1 is 1.08 bits per heavy atom.